The quantitative estimate of drug-likeness (QED) is 0.195. The molecule has 5 rings (SSSR count). The summed E-state index contributed by atoms with van der Waals surface area (Å²) in [5.74, 6) is 0.283. The Hall–Kier alpha value is -4.17. The first-order valence-electron chi connectivity index (χ1n) is 12.6. The molecule has 0 saturated carbocycles. The van der Waals surface area contributed by atoms with Gasteiger partial charge >= 0.3 is 0 Å². The molecule has 3 aromatic rings. The number of anilines is 1. The van der Waals surface area contributed by atoms with Crippen LogP contribution in [0.2, 0.25) is 5.02 Å². The Bertz CT molecular complexity index is 1460. The Balaban J connectivity index is 1.34. The van der Waals surface area contributed by atoms with Gasteiger partial charge in [0.2, 0.25) is 5.91 Å². The topological polar surface area (TPSA) is 192 Å². The molecule has 40 heavy (non-hydrogen) atoms. The molecule has 0 radical (unpaired) electrons. The van der Waals surface area contributed by atoms with Crippen molar-refractivity contribution in [2.75, 3.05) is 32.1 Å². The molecule has 0 aliphatic carbocycles. The van der Waals surface area contributed by atoms with E-state index in [9.17, 15) is 14.7 Å². The number of aromatic nitrogens is 4. The first-order chi connectivity index (χ1) is 19.4. The van der Waals surface area contributed by atoms with Gasteiger partial charge in [0.1, 0.15) is 30.3 Å². The van der Waals surface area contributed by atoms with E-state index in [1.165, 1.54) is 24.3 Å². The van der Waals surface area contributed by atoms with E-state index in [-0.39, 0.29) is 19.1 Å². The van der Waals surface area contributed by atoms with E-state index in [1.807, 2.05) is 0 Å². The molecule has 4 atom stereocenters. The van der Waals surface area contributed by atoms with Crippen LogP contribution in [0.15, 0.2) is 36.0 Å². The lowest BCUT2D eigenvalue weighted by atomic mass is 10.1. The van der Waals surface area contributed by atoms with Crippen LogP contribution in [0.3, 0.4) is 0 Å². The summed E-state index contributed by atoms with van der Waals surface area (Å²) in [7, 11) is 1.41. The van der Waals surface area contributed by atoms with Gasteiger partial charge in [0.25, 0.3) is 5.91 Å². The van der Waals surface area contributed by atoms with Crippen LogP contribution in [0, 0.1) is 0 Å². The number of carbonyl (C=O) groups excluding carboxylic acids is 2. The van der Waals surface area contributed by atoms with E-state index >= 15 is 0 Å². The summed E-state index contributed by atoms with van der Waals surface area (Å²) in [5, 5.41) is 20.5. The highest BCUT2D eigenvalue weighted by molar-refractivity contribution is 6.30. The number of aliphatic hydroxyl groups excluding tert-OH is 1. The van der Waals surface area contributed by atoms with Gasteiger partial charge in [-0.1, -0.05) is 16.7 Å². The Labute approximate surface area is 233 Å². The van der Waals surface area contributed by atoms with Gasteiger partial charge in [-0.3, -0.25) is 14.2 Å². The van der Waals surface area contributed by atoms with E-state index in [1.54, 1.807) is 23.1 Å². The number of benzene rings is 1. The molecule has 1 aromatic carbocycles. The summed E-state index contributed by atoms with van der Waals surface area (Å²) in [6.45, 7) is 1.66. The number of nitrogens with zero attached hydrogens (tertiary/aromatic N) is 8. The number of azide groups is 1. The van der Waals surface area contributed by atoms with Crippen LogP contribution in [0.25, 0.3) is 21.6 Å². The number of rotatable bonds is 9. The third-order valence-corrected chi connectivity index (χ3v) is 7.07. The lowest BCUT2D eigenvalue weighted by Gasteiger charge is -2.17. The summed E-state index contributed by atoms with van der Waals surface area (Å²) >= 11 is 6.23. The maximum atomic E-state index is 12.4. The molecule has 2 aliphatic rings. The van der Waals surface area contributed by atoms with Crippen molar-refractivity contribution in [3.8, 4) is 5.75 Å². The van der Waals surface area contributed by atoms with Gasteiger partial charge in [-0.25, -0.2) is 15.0 Å². The third-order valence-electron chi connectivity index (χ3n) is 6.84. The number of halogens is 1. The average molecular weight is 571 g/mol. The van der Waals surface area contributed by atoms with E-state index in [4.69, 9.17) is 26.6 Å². The molecular weight excluding hydrogens is 544 g/mol. The van der Waals surface area contributed by atoms with E-state index in [0.29, 0.717) is 33.3 Å². The monoisotopic (exact) mass is 570 g/mol. The van der Waals surface area contributed by atoms with Gasteiger partial charge in [0.15, 0.2) is 29.8 Å². The number of hydrogen-bond acceptors (Lipinski definition) is 10. The van der Waals surface area contributed by atoms with Gasteiger partial charge < -0.3 is 30.1 Å². The fourth-order valence-electron chi connectivity index (χ4n) is 4.81. The van der Waals surface area contributed by atoms with Crippen LogP contribution in [0.4, 0.5) is 5.82 Å². The highest BCUT2D eigenvalue weighted by Crippen LogP contribution is 2.34. The molecular formula is C24H27ClN10O5. The largest absolute Gasteiger partial charge is 0.483 e. The van der Waals surface area contributed by atoms with Crippen molar-refractivity contribution in [2.45, 2.75) is 43.9 Å². The van der Waals surface area contributed by atoms with Crippen LogP contribution in [0.1, 0.15) is 24.6 Å². The number of nitrogens with one attached hydrogen (secondary N) is 2. The minimum Gasteiger partial charge on any atom is -0.483 e. The number of aliphatic hydroxyl groups is 1. The van der Waals surface area contributed by atoms with Gasteiger partial charge in [0.05, 0.1) is 6.33 Å². The smallest absolute Gasteiger partial charge is 0.260 e. The second-order valence-electron chi connectivity index (χ2n) is 9.28. The number of ether oxygens (including phenoxy) is 2. The number of fused-ring (bicyclic) bond motifs is 1. The second kappa shape index (κ2) is 11.9. The first-order valence-corrected chi connectivity index (χ1v) is 13.0. The van der Waals surface area contributed by atoms with Crippen LogP contribution < -0.4 is 15.4 Å². The van der Waals surface area contributed by atoms with Crippen molar-refractivity contribution in [3.63, 3.8) is 0 Å². The highest BCUT2D eigenvalue weighted by Gasteiger charge is 2.48. The number of likely N-dealkylation sites (tertiary alicyclic amines) is 1. The van der Waals surface area contributed by atoms with Gasteiger partial charge in [-0.2, -0.15) is 0 Å². The van der Waals surface area contributed by atoms with Crippen molar-refractivity contribution in [1.82, 2.24) is 29.7 Å². The fraction of sp³-hybridized carbons (Fsp3) is 0.458. The van der Waals surface area contributed by atoms with E-state index in [0.717, 1.165) is 25.9 Å². The van der Waals surface area contributed by atoms with Crippen LogP contribution in [-0.2, 0) is 20.9 Å². The number of imidazole rings is 1. The lowest BCUT2D eigenvalue weighted by molar-refractivity contribution is -0.134. The molecule has 15 nitrogen and oxygen atoms in total. The van der Waals surface area contributed by atoms with Crippen molar-refractivity contribution in [1.29, 1.82) is 0 Å². The van der Waals surface area contributed by atoms with Gasteiger partial charge in [-0.15, -0.1) is 0 Å². The Kier molecular flexibility index (Phi) is 8.16. The maximum absolute atomic E-state index is 12.4. The first kappa shape index (κ1) is 27.4. The van der Waals surface area contributed by atoms with Crippen molar-refractivity contribution >= 4 is 40.4 Å². The van der Waals surface area contributed by atoms with Crippen LogP contribution in [0.5, 0.6) is 5.75 Å². The zero-order chi connectivity index (χ0) is 28.2. The second-order valence-corrected chi connectivity index (χ2v) is 9.71. The number of hydrogen-bond donors (Lipinski definition) is 3. The van der Waals surface area contributed by atoms with Crippen molar-refractivity contribution in [2.24, 2.45) is 5.11 Å². The predicted octanol–water partition coefficient (Wildman–Crippen LogP) is 1.78. The minimum absolute atomic E-state index is 0.0629. The number of amides is 2. The molecule has 2 aromatic heterocycles. The number of carbonyl (C=O) groups is 2. The molecule has 16 heteroatoms. The summed E-state index contributed by atoms with van der Waals surface area (Å²) in [6, 6.07) is 3.99. The molecule has 0 unspecified atom stereocenters. The third kappa shape index (κ3) is 5.45. The lowest BCUT2D eigenvalue weighted by Crippen LogP contribution is -2.40. The molecule has 2 saturated heterocycles. The molecule has 0 bridgehead atoms. The fourth-order valence-corrected chi connectivity index (χ4v) is 5.00. The molecule has 210 valence electrons. The molecule has 3 N–H and O–H groups in total. The normalized spacial score (nSPS) is 22.2. The molecule has 2 amide bonds. The predicted molar refractivity (Wildman–Crippen MR) is 142 cm³/mol. The Morgan fingerprint density at radius 3 is 2.85 bits per heavy atom. The highest BCUT2D eigenvalue weighted by atomic mass is 35.5. The zero-order valence-corrected chi connectivity index (χ0v) is 22.2. The molecule has 0 spiro atoms. The molecule has 2 aliphatic heterocycles. The maximum Gasteiger partial charge on any atom is 0.260 e. The van der Waals surface area contributed by atoms with Crippen LogP contribution >= 0.6 is 11.6 Å². The summed E-state index contributed by atoms with van der Waals surface area (Å²) < 4.78 is 13.1. The molecule has 4 heterocycles. The standard InChI is InChI=1S/C24H27ClN10O5/c1-27-23(38)20-17(32-33-26)19(37)24(40-20)35-12-31-18-21(29-11-30-22(18)35)28-9-13-8-14(25)4-5-15(13)39-10-16(36)34-6-2-3-7-34/h4-5,8,11-12,17,19-20,24,37H,2-3,6-7,9-10H2,1H3,(H,27,38)(H,28,29,30)/t17-,19+,20-,24+/m0/s1. The van der Waals surface area contributed by atoms with Gasteiger partial charge in [0, 0.05) is 42.2 Å². The average Bonchev–Trinajstić information content (AvgIpc) is 3.71. The number of likely N-dealkylation sites (N-methyl/N-ethyl adjacent to an activating group) is 1. The van der Waals surface area contributed by atoms with E-state index < -0.39 is 30.4 Å². The Morgan fingerprint density at radius 1 is 1.30 bits per heavy atom. The summed E-state index contributed by atoms with van der Waals surface area (Å²) in [4.78, 5) is 42.2. The summed E-state index contributed by atoms with van der Waals surface area (Å²) in [5.41, 5.74) is 10.3. The zero-order valence-electron chi connectivity index (χ0n) is 21.5. The molecule has 2 fully saturated rings. The van der Waals surface area contributed by atoms with Crippen molar-refractivity contribution < 1.29 is 24.2 Å². The van der Waals surface area contributed by atoms with E-state index in [2.05, 4.69) is 35.6 Å². The minimum atomic E-state index is -1.34. The van der Waals surface area contributed by atoms with Crippen LogP contribution in [-0.4, -0.2) is 86.3 Å². The van der Waals surface area contributed by atoms with Crippen molar-refractivity contribution in [3.05, 3.63) is 51.9 Å². The SMILES string of the molecule is CNC(=O)[C@H]1O[C@@H](n2cnc3c(NCc4cc(Cl)ccc4OCC(=O)N4CCCC4)ncnc32)[C@H](O)[C@@H]1N=[N+]=[N-]. The van der Waals surface area contributed by atoms with Gasteiger partial charge in [-0.05, 0) is 36.6 Å². The summed E-state index contributed by atoms with van der Waals surface area (Å²) in [6.07, 6.45) is 1.09. The Morgan fingerprint density at radius 2 is 2.10 bits per heavy atom.